The van der Waals surface area contributed by atoms with Crippen LogP contribution in [0.3, 0.4) is 0 Å². The van der Waals surface area contributed by atoms with E-state index in [0.717, 1.165) is 16.2 Å². The van der Waals surface area contributed by atoms with Gasteiger partial charge in [-0.1, -0.05) is 43.8 Å². The minimum Gasteiger partial charge on any atom is -0.453 e. The van der Waals surface area contributed by atoms with Gasteiger partial charge in [0.05, 0.1) is 18.5 Å². The molecule has 2 amide bonds. The third-order valence-corrected chi connectivity index (χ3v) is 5.04. The highest BCUT2D eigenvalue weighted by Gasteiger charge is 2.12. The number of benzene rings is 2. The standard InChI is InChI=1S/C21H25N3O3S2/c1-14(2)9-12-19(25)22-18-13-16(29-15-7-5-4-6-8-15)10-11-17(18)23-20(28)24-21(26)27-3/h4-8,10-11,13-14H,9,12H2,1-3H3,(H,22,25)(H2,23,24,26,28). The molecule has 3 N–H and O–H groups in total. The van der Waals surface area contributed by atoms with Crippen LogP contribution in [0.2, 0.25) is 0 Å². The molecule has 0 saturated carbocycles. The van der Waals surface area contributed by atoms with Gasteiger partial charge in [-0.05, 0) is 54.9 Å². The normalized spacial score (nSPS) is 10.3. The fraction of sp³-hybridized carbons (Fsp3) is 0.286. The van der Waals surface area contributed by atoms with Gasteiger partial charge < -0.3 is 15.4 Å². The van der Waals surface area contributed by atoms with Gasteiger partial charge in [0.25, 0.3) is 0 Å². The summed E-state index contributed by atoms with van der Waals surface area (Å²) in [7, 11) is 1.26. The van der Waals surface area contributed by atoms with Crippen molar-refractivity contribution in [2.24, 2.45) is 5.92 Å². The smallest absolute Gasteiger partial charge is 0.413 e. The molecule has 0 aliphatic carbocycles. The van der Waals surface area contributed by atoms with Crippen LogP contribution in [0.4, 0.5) is 16.2 Å². The first-order valence-electron chi connectivity index (χ1n) is 9.20. The van der Waals surface area contributed by atoms with Crippen LogP contribution in [0.15, 0.2) is 58.3 Å². The topological polar surface area (TPSA) is 79.5 Å². The van der Waals surface area contributed by atoms with Crippen LogP contribution >= 0.6 is 24.0 Å². The van der Waals surface area contributed by atoms with Crippen molar-refractivity contribution in [2.75, 3.05) is 17.7 Å². The first-order valence-corrected chi connectivity index (χ1v) is 10.4. The molecule has 0 aliphatic rings. The molecule has 0 heterocycles. The van der Waals surface area contributed by atoms with Crippen molar-refractivity contribution >= 4 is 52.5 Å². The summed E-state index contributed by atoms with van der Waals surface area (Å²) < 4.78 is 4.54. The van der Waals surface area contributed by atoms with E-state index in [1.165, 1.54) is 7.11 Å². The Balaban J connectivity index is 2.19. The fourth-order valence-corrected chi connectivity index (χ4v) is 3.43. The lowest BCUT2D eigenvalue weighted by molar-refractivity contribution is -0.116. The lowest BCUT2D eigenvalue weighted by Gasteiger charge is -2.16. The monoisotopic (exact) mass is 431 g/mol. The largest absolute Gasteiger partial charge is 0.453 e. The van der Waals surface area contributed by atoms with E-state index in [1.54, 1.807) is 11.8 Å². The molecule has 2 aromatic carbocycles. The number of alkyl carbamates (subject to hydrolysis) is 1. The van der Waals surface area contributed by atoms with Gasteiger partial charge in [-0.15, -0.1) is 0 Å². The van der Waals surface area contributed by atoms with Crippen LogP contribution < -0.4 is 16.0 Å². The second-order valence-electron chi connectivity index (χ2n) is 6.67. The number of carbonyl (C=O) groups is 2. The number of rotatable bonds is 7. The highest BCUT2D eigenvalue weighted by Crippen LogP contribution is 2.33. The van der Waals surface area contributed by atoms with Crippen molar-refractivity contribution in [1.82, 2.24) is 5.32 Å². The number of hydrogen-bond donors (Lipinski definition) is 3. The lowest BCUT2D eigenvalue weighted by atomic mass is 10.1. The molecular weight excluding hydrogens is 406 g/mol. The molecule has 0 radical (unpaired) electrons. The maximum Gasteiger partial charge on any atom is 0.413 e. The Morgan fingerprint density at radius 3 is 2.41 bits per heavy atom. The van der Waals surface area contributed by atoms with Crippen LogP contribution in [0.1, 0.15) is 26.7 Å². The summed E-state index contributed by atoms with van der Waals surface area (Å²) >= 11 is 6.72. The Kier molecular flexibility index (Phi) is 8.95. The Labute approximate surface area is 180 Å². The van der Waals surface area contributed by atoms with Crippen molar-refractivity contribution in [2.45, 2.75) is 36.5 Å². The van der Waals surface area contributed by atoms with E-state index in [4.69, 9.17) is 12.2 Å². The van der Waals surface area contributed by atoms with Gasteiger partial charge in [0.1, 0.15) is 0 Å². The van der Waals surface area contributed by atoms with Gasteiger partial charge >= 0.3 is 6.09 Å². The summed E-state index contributed by atoms with van der Waals surface area (Å²) in [6.07, 6.45) is 0.564. The minimum absolute atomic E-state index is 0.0737. The van der Waals surface area contributed by atoms with Crippen LogP contribution in [-0.2, 0) is 9.53 Å². The quantitative estimate of drug-likeness (QED) is 0.519. The zero-order valence-corrected chi connectivity index (χ0v) is 18.3. The Bertz CT molecular complexity index is 858. The maximum atomic E-state index is 12.4. The highest BCUT2D eigenvalue weighted by atomic mass is 32.2. The van der Waals surface area contributed by atoms with Crippen LogP contribution in [-0.4, -0.2) is 24.2 Å². The molecule has 0 unspecified atom stereocenters. The molecule has 2 rings (SSSR count). The zero-order valence-electron chi connectivity index (χ0n) is 16.7. The molecule has 0 aliphatic heterocycles. The number of anilines is 2. The predicted octanol–water partition coefficient (Wildman–Crippen LogP) is 5.27. The van der Waals surface area contributed by atoms with Crippen molar-refractivity contribution in [1.29, 1.82) is 0 Å². The van der Waals surface area contributed by atoms with Crippen molar-refractivity contribution in [3.8, 4) is 0 Å². The fourth-order valence-electron chi connectivity index (χ4n) is 2.35. The van der Waals surface area contributed by atoms with Gasteiger partial charge in [0, 0.05) is 16.2 Å². The summed E-state index contributed by atoms with van der Waals surface area (Å²) in [5, 5.41) is 8.35. The Morgan fingerprint density at radius 2 is 1.76 bits per heavy atom. The second kappa shape index (κ2) is 11.4. The Morgan fingerprint density at radius 1 is 1.03 bits per heavy atom. The van der Waals surface area contributed by atoms with Crippen LogP contribution in [0, 0.1) is 5.92 Å². The average Bonchev–Trinajstić information content (AvgIpc) is 2.69. The summed E-state index contributed by atoms with van der Waals surface area (Å²) in [6.45, 7) is 4.16. The zero-order chi connectivity index (χ0) is 21.2. The number of methoxy groups -OCH3 is 1. The number of nitrogens with one attached hydrogen (secondary N) is 3. The molecule has 29 heavy (non-hydrogen) atoms. The van der Waals surface area contributed by atoms with E-state index in [9.17, 15) is 9.59 Å². The maximum absolute atomic E-state index is 12.4. The molecule has 8 heteroatoms. The molecule has 0 saturated heterocycles. The molecule has 0 atom stereocenters. The van der Waals surface area contributed by atoms with E-state index in [0.29, 0.717) is 23.7 Å². The molecule has 0 fully saturated rings. The van der Waals surface area contributed by atoms with E-state index < -0.39 is 6.09 Å². The summed E-state index contributed by atoms with van der Waals surface area (Å²) in [5.41, 5.74) is 1.18. The summed E-state index contributed by atoms with van der Waals surface area (Å²) in [5.74, 6) is 0.366. The van der Waals surface area contributed by atoms with Gasteiger partial charge in [0.2, 0.25) is 5.91 Å². The van der Waals surface area contributed by atoms with Crippen molar-refractivity contribution in [3.05, 3.63) is 48.5 Å². The SMILES string of the molecule is COC(=O)NC(=S)Nc1ccc(Sc2ccccc2)cc1NC(=O)CCC(C)C. The number of hydrogen-bond acceptors (Lipinski definition) is 5. The molecule has 0 bridgehead atoms. The second-order valence-corrected chi connectivity index (χ2v) is 8.23. The molecule has 0 aromatic heterocycles. The molecular formula is C21H25N3O3S2. The van der Waals surface area contributed by atoms with Gasteiger partial charge in [0.15, 0.2) is 5.11 Å². The number of thiocarbonyl (C=S) groups is 1. The molecule has 6 nitrogen and oxygen atoms in total. The summed E-state index contributed by atoms with van der Waals surface area (Å²) in [4.78, 5) is 25.8. The molecule has 2 aromatic rings. The van der Waals surface area contributed by atoms with Crippen LogP contribution in [0.5, 0.6) is 0 Å². The van der Waals surface area contributed by atoms with Crippen molar-refractivity contribution < 1.29 is 14.3 Å². The first kappa shape index (κ1) is 22.7. The third-order valence-electron chi connectivity index (χ3n) is 3.84. The summed E-state index contributed by atoms with van der Waals surface area (Å²) in [6, 6.07) is 15.6. The average molecular weight is 432 g/mol. The number of amides is 2. The van der Waals surface area contributed by atoms with E-state index in [1.807, 2.05) is 48.5 Å². The lowest BCUT2D eigenvalue weighted by Crippen LogP contribution is -2.34. The van der Waals surface area contributed by atoms with E-state index in [-0.39, 0.29) is 11.0 Å². The van der Waals surface area contributed by atoms with E-state index in [2.05, 4.69) is 34.5 Å². The van der Waals surface area contributed by atoms with Gasteiger partial charge in [-0.25, -0.2) is 4.79 Å². The van der Waals surface area contributed by atoms with E-state index >= 15 is 0 Å². The first-order chi connectivity index (χ1) is 13.9. The number of ether oxygens (including phenoxy) is 1. The number of carbonyl (C=O) groups excluding carboxylic acids is 2. The Hall–Kier alpha value is -2.58. The third kappa shape index (κ3) is 8.13. The minimum atomic E-state index is -0.665. The molecule has 154 valence electrons. The van der Waals surface area contributed by atoms with Gasteiger partial charge in [-0.2, -0.15) is 0 Å². The van der Waals surface area contributed by atoms with Gasteiger partial charge in [-0.3, -0.25) is 10.1 Å². The van der Waals surface area contributed by atoms with Crippen LogP contribution in [0.25, 0.3) is 0 Å². The molecule has 0 spiro atoms. The predicted molar refractivity (Wildman–Crippen MR) is 121 cm³/mol. The van der Waals surface area contributed by atoms with Crippen molar-refractivity contribution in [3.63, 3.8) is 0 Å². The highest BCUT2D eigenvalue weighted by molar-refractivity contribution is 7.99.